The standard InChI is InChI=1S/C7H13NO.C2H6/c1-4-5(2)6(3)7(8)9;1-2/h6H,2,4H2,1,3H3,(H2,8,9);1-2H3. The van der Waals surface area contributed by atoms with Gasteiger partial charge in [0.05, 0.1) is 5.92 Å². The molecular formula is C9H19NO. The first-order valence-electron chi connectivity index (χ1n) is 4.06. The Kier molecular flexibility index (Phi) is 8.55. The van der Waals surface area contributed by atoms with Gasteiger partial charge in [0, 0.05) is 0 Å². The maximum atomic E-state index is 10.5. The van der Waals surface area contributed by atoms with Gasteiger partial charge in [0.1, 0.15) is 0 Å². The summed E-state index contributed by atoms with van der Waals surface area (Å²) in [5.74, 6) is -0.461. The third-order valence-corrected chi connectivity index (χ3v) is 1.49. The molecule has 0 radical (unpaired) electrons. The first kappa shape index (κ1) is 12.8. The van der Waals surface area contributed by atoms with Crippen molar-refractivity contribution >= 4 is 5.91 Å². The summed E-state index contributed by atoms with van der Waals surface area (Å²) >= 11 is 0. The van der Waals surface area contributed by atoms with Gasteiger partial charge in [-0.1, -0.05) is 32.9 Å². The summed E-state index contributed by atoms with van der Waals surface area (Å²) < 4.78 is 0. The SMILES string of the molecule is C=C(CC)C(C)C(N)=O.CC. The highest BCUT2D eigenvalue weighted by Gasteiger charge is 2.09. The van der Waals surface area contributed by atoms with Gasteiger partial charge in [-0.2, -0.15) is 0 Å². The number of amides is 1. The third-order valence-electron chi connectivity index (χ3n) is 1.49. The largest absolute Gasteiger partial charge is 0.369 e. The van der Waals surface area contributed by atoms with Crippen LogP contribution in [0.5, 0.6) is 0 Å². The molecule has 0 aromatic rings. The Balaban J connectivity index is 0. The Labute approximate surface area is 69.5 Å². The molecule has 0 fully saturated rings. The quantitative estimate of drug-likeness (QED) is 0.626. The topological polar surface area (TPSA) is 43.1 Å². The number of primary amides is 1. The Morgan fingerprint density at radius 3 is 2.00 bits per heavy atom. The second-order valence-corrected chi connectivity index (χ2v) is 2.14. The number of hydrogen-bond acceptors (Lipinski definition) is 1. The van der Waals surface area contributed by atoms with Gasteiger partial charge < -0.3 is 5.73 Å². The molecule has 0 saturated carbocycles. The zero-order valence-corrected chi connectivity index (χ0v) is 7.98. The first-order chi connectivity index (χ1) is 5.09. The van der Waals surface area contributed by atoms with Gasteiger partial charge in [-0.05, 0) is 13.3 Å². The number of nitrogens with two attached hydrogens (primary N) is 1. The molecule has 2 heteroatoms. The first-order valence-corrected chi connectivity index (χ1v) is 4.06. The molecule has 0 rings (SSSR count). The van der Waals surface area contributed by atoms with Gasteiger partial charge in [0.15, 0.2) is 0 Å². The fourth-order valence-corrected chi connectivity index (χ4v) is 0.507. The smallest absolute Gasteiger partial charge is 0.224 e. The predicted molar refractivity (Wildman–Crippen MR) is 49.1 cm³/mol. The van der Waals surface area contributed by atoms with Gasteiger partial charge in [-0.15, -0.1) is 0 Å². The summed E-state index contributed by atoms with van der Waals surface area (Å²) in [4.78, 5) is 10.5. The highest BCUT2D eigenvalue weighted by atomic mass is 16.1. The van der Waals surface area contributed by atoms with Gasteiger partial charge in [0.25, 0.3) is 0 Å². The van der Waals surface area contributed by atoms with Crippen LogP contribution in [0.3, 0.4) is 0 Å². The van der Waals surface area contributed by atoms with Crippen LogP contribution in [-0.2, 0) is 4.79 Å². The lowest BCUT2D eigenvalue weighted by atomic mass is 10.0. The lowest BCUT2D eigenvalue weighted by Crippen LogP contribution is -2.21. The van der Waals surface area contributed by atoms with E-state index in [1.807, 2.05) is 20.8 Å². The minimum absolute atomic E-state index is 0.171. The minimum Gasteiger partial charge on any atom is -0.369 e. The van der Waals surface area contributed by atoms with E-state index in [-0.39, 0.29) is 11.8 Å². The number of rotatable bonds is 3. The van der Waals surface area contributed by atoms with Crippen molar-refractivity contribution in [1.82, 2.24) is 0 Å². The van der Waals surface area contributed by atoms with Crippen molar-refractivity contribution in [3.05, 3.63) is 12.2 Å². The van der Waals surface area contributed by atoms with E-state index in [0.717, 1.165) is 12.0 Å². The van der Waals surface area contributed by atoms with Gasteiger partial charge in [0.2, 0.25) is 5.91 Å². The monoisotopic (exact) mass is 157 g/mol. The van der Waals surface area contributed by atoms with Crippen LogP contribution in [0.4, 0.5) is 0 Å². The highest BCUT2D eigenvalue weighted by Crippen LogP contribution is 2.09. The molecule has 66 valence electrons. The Morgan fingerprint density at radius 1 is 1.55 bits per heavy atom. The molecular weight excluding hydrogens is 138 g/mol. The molecule has 0 heterocycles. The molecule has 2 N–H and O–H groups in total. The van der Waals surface area contributed by atoms with E-state index in [4.69, 9.17) is 5.73 Å². The average molecular weight is 157 g/mol. The van der Waals surface area contributed by atoms with Crippen molar-refractivity contribution in [3.8, 4) is 0 Å². The molecule has 0 saturated heterocycles. The molecule has 0 aliphatic carbocycles. The molecule has 0 aromatic heterocycles. The van der Waals surface area contributed by atoms with Crippen molar-refractivity contribution in [2.75, 3.05) is 0 Å². The molecule has 1 amide bonds. The lowest BCUT2D eigenvalue weighted by Gasteiger charge is -2.06. The molecule has 0 spiro atoms. The van der Waals surface area contributed by atoms with E-state index in [1.54, 1.807) is 6.92 Å². The van der Waals surface area contributed by atoms with E-state index >= 15 is 0 Å². The zero-order chi connectivity index (χ0) is 9.44. The van der Waals surface area contributed by atoms with Gasteiger partial charge in [-0.3, -0.25) is 4.79 Å². The third kappa shape index (κ3) is 5.64. The molecule has 0 aliphatic rings. The van der Waals surface area contributed by atoms with E-state index < -0.39 is 0 Å². The Morgan fingerprint density at radius 2 is 1.91 bits per heavy atom. The van der Waals surface area contributed by atoms with Crippen molar-refractivity contribution in [2.45, 2.75) is 34.1 Å². The highest BCUT2D eigenvalue weighted by molar-refractivity contribution is 5.79. The second kappa shape index (κ2) is 7.32. The molecule has 0 aliphatic heterocycles. The zero-order valence-electron chi connectivity index (χ0n) is 7.98. The van der Waals surface area contributed by atoms with Crippen LogP contribution in [0.15, 0.2) is 12.2 Å². The maximum Gasteiger partial charge on any atom is 0.224 e. The summed E-state index contributed by atoms with van der Waals surface area (Å²) in [5, 5.41) is 0. The van der Waals surface area contributed by atoms with Crippen LogP contribution in [0.25, 0.3) is 0 Å². The van der Waals surface area contributed by atoms with Crippen LogP contribution in [0.2, 0.25) is 0 Å². The predicted octanol–water partition coefficient (Wildman–Crippen LogP) is 2.10. The van der Waals surface area contributed by atoms with Crippen molar-refractivity contribution in [3.63, 3.8) is 0 Å². The van der Waals surface area contributed by atoms with Gasteiger partial charge >= 0.3 is 0 Å². The number of carbonyl (C=O) groups is 1. The van der Waals surface area contributed by atoms with Crippen LogP contribution < -0.4 is 5.73 Å². The van der Waals surface area contributed by atoms with Crippen molar-refractivity contribution in [2.24, 2.45) is 11.7 Å². The molecule has 11 heavy (non-hydrogen) atoms. The summed E-state index contributed by atoms with van der Waals surface area (Å²) in [6.07, 6.45) is 0.824. The molecule has 0 aromatic carbocycles. The lowest BCUT2D eigenvalue weighted by molar-refractivity contribution is -0.120. The molecule has 2 nitrogen and oxygen atoms in total. The summed E-state index contributed by atoms with van der Waals surface area (Å²) in [5.41, 5.74) is 5.92. The van der Waals surface area contributed by atoms with Crippen molar-refractivity contribution < 1.29 is 4.79 Å². The fourth-order valence-electron chi connectivity index (χ4n) is 0.507. The fraction of sp³-hybridized carbons (Fsp3) is 0.667. The second-order valence-electron chi connectivity index (χ2n) is 2.14. The van der Waals surface area contributed by atoms with E-state index in [2.05, 4.69) is 6.58 Å². The van der Waals surface area contributed by atoms with Crippen LogP contribution in [0.1, 0.15) is 34.1 Å². The van der Waals surface area contributed by atoms with Crippen LogP contribution in [-0.4, -0.2) is 5.91 Å². The Hall–Kier alpha value is -0.790. The molecule has 0 bridgehead atoms. The van der Waals surface area contributed by atoms with Crippen LogP contribution in [0, 0.1) is 5.92 Å². The van der Waals surface area contributed by atoms with E-state index in [1.165, 1.54) is 0 Å². The Bertz CT molecular complexity index is 130. The van der Waals surface area contributed by atoms with E-state index in [9.17, 15) is 4.79 Å². The van der Waals surface area contributed by atoms with Crippen molar-refractivity contribution in [1.29, 1.82) is 0 Å². The number of carbonyl (C=O) groups excluding carboxylic acids is 1. The summed E-state index contributed by atoms with van der Waals surface area (Å²) in [6, 6.07) is 0. The minimum atomic E-state index is -0.290. The average Bonchev–Trinajstić information content (AvgIpc) is 2.05. The molecule has 1 unspecified atom stereocenters. The summed E-state index contributed by atoms with van der Waals surface area (Å²) in [6.45, 7) is 11.4. The van der Waals surface area contributed by atoms with Crippen LogP contribution >= 0.6 is 0 Å². The molecule has 1 atom stereocenters. The normalized spacial score (nSPS) is 10.9. The summed E-state index contributed by atoms with van der Waals surface area (Å²) in [7, 11) is 0. The number of hydrogen-bond donors (Lipinski definition) is 1. The maximum absolute atomic E-state index is 10.5. The van der Waals surface area contributed by atoms with E-state index in [0.29, 0.717) is 0 Å². The van der Waals surface area contributed by atoms with Gasteiger partial charge in [-0.25, -0.2) is 0 Å².